The van der Waals surface area contributed by atoms with Crippen LogP contribution in [0.3, 0.4) is 0 Å². The number of benzene rings is 2. The van der Waals surface area contributed by atoms with E-state index in [4.69, 9.17) is 0 Å². The predicted octanol–water partition coefficient (Wildman–Crippen LogP) is 4.68. The first-order chi connectivity index (χ1) is 12.1. The molecule has 126 valence electrons. The average molecular weight is 355 g/mol. The lowest BCUT2D eigenvalue weighted by atomic mass is 10.1. The van der Waals surface area contributed by atoms with Crippen LogP contribution in [0.1, 0.15) is 0 Å². The number of allylic oxidation sites excluding steroid dienone is 1. The van der Waals surface area contributed by atoms with Gasteiger partial charge in [0.25, 0.3) is 5.69 Å². The van der Waals surface area contributed by atoms with E-state index in [1.165, 1.54) is 29.5 Å². The highest BCUT2D eigenvalue weighted by Crippen LogP contribution is 2.24. The SMILES string of the molecule is C=CCn1c(-c2ccc([N+](=O)[O-])cc2)csc1=Nc1ccccc1F. The Morgan fingerprint density at radius 3 is 2.60 bits per heavy atom. The fourth-order valence-electron chi connectivity index (χ4n) is 2.35. The van der Waals surface area contributed by atoms with E-state index in [1.54, 1.807) is 36.4 Å². The maximum absolute atomic E-state index is 13.9. The van der Waals surface area contributed by atoms with Crippen LogP contribution in [0.2, 0.25) is 0 Å². The molecule has 0 atom stereocenters. The molecule has 0 saturated carbocycles. The third-order valence-corrected chi connectivity index (χ3v) is 4.42. The summed E-state index contributed by atoms with van der Waals surface area (Å²) >= 11 is 1.37. The van der Waals surface area contributed by atoms with Gasteiger partial charge in [0.15, 0.2) is 4.80 Å². The van der Waals surface area contributed by atoms with Gasteiger partial charge in [0.2, 0.25) is 0 Å². The molecular weight excluding hydrogens is 341 g/mol. The minimum absolute atomic E-state index is 0.0329. The van der Waals surface area contributed by atoms with Crippen molar-refractivity contribution in [1.82, 2.24) is 4.57 Å². The summed E-state index contributed by atoms with van der Waals surface area (Å²) in [5.74, 6) is -0.391. The van der Waals surface area contributed by atoms with Gasteiger partial charge in [0.1, 0.15) is 11.5 Å². The minimum atomic E-state index is -0.436. The monoisotopic (exact) mass is 355 g/mol. The van der Waals surface area contributed by atoms with E-state index >= 15 is 0 Å². The Morgan fingerprint density at radius 2 is 1.96 bits per heavy atom. The van der Waals surface area contributed by atoms with Crippen LogP contribution in [-0.2, 0) is 6.54 Å². The smallest absolute Gasteiger partial charge is 0.269 e. The lowest BCUT2D eigenvalue weighted by molar-refractivity contribution is -0.384. The molecule has 0 bridgehead atoms. The molecule has 0 aliphatic rings. The number of rotatable bonds is 5. The summed E-state index contributed by atoms with van der Waals surface area (Å²) < 4.78 is 15.8. The molecule has 0 aliphatic carbocycles. The molecule has 7 heteroatoms. The van der Waals surface area contributed by atoms with Crippen molar-refractivity contribution >= 4 is 22.7 Å². The number of halogens is 1. The Bertz CT molecular complexity index is 990. The van der Waals surface area contributed by atoms with Gasteiger partial charge >= 0.3 is 0 Å². The second-order valence-corrected chi connectivity index (χ2v) is 6.01. The van der Waals surface area contributed by atoms with Crippen LogP contribution >= 0.6 is 11.3 Å². The fourth-order valence-corrected chi connectivity index (χ4v) is 3.29. The first-order valence-corrected chi connectivity index (χ1v) is 8.31. The normalized spacial score (nSPS) is 11.5. The van der Waals surface area contributed by atoms with Gasteiger partial charge in [-0.1, -0.05) is 18.2 Å². The van der Waals surface area contributed by atoms with Gasteiger partial charge in [-0.15, -0.1) is 17.9 Å². The van der Waals surface area contributed by atoms with E-state index in [0.29, 0.717) is 11.3 Å². The molecule has 3 aromatic rings. The van der Waals surface area contributed by atoms with Gasteiger partial charge in [0, 0.05) is 24.1 Å². The van der Waals surface area contributed by atoms with Crippen molar-refractivity contribution in [3.8, 4) is 11.3 Å². The summed E-state index contributed by atoms with van der Waals surface area (Å²) in [6, 6.07) is 12.6. The Morgan fingerprint density at radius 1 is 1.24 bits per heavy atom. The van der Waals surface area contributed by atoms with E-state index in [1.807, 2.05) is 9.95 Å². The van der Waals surface area contributed by atoms with Crippen molar-refractivity contribution in [3.05, 3.63) is 87.3 Å². The van der Waals surface area contributed by atoms with Crippen LogP contribution in [0.5, 0.6) is 0 Å². The number of nitro benzene ring substituents is 1. The van der Waals surface area contributed by atoms with Gasteiger partial charge in [-0.25, -0.2) is 9.38 Å². The molecule has 25 heavy (non-hydrogen) atoms. The van der Waals surface area contributed by atoms with Crippen LogP contribution < -0.4 is 4.80 Å². The first-order valence-electron chi connectivity index (χ1n) is 7.43. The van der Waals surface area contributed by atoms with Crippen molar-refractivity contribution in [3.63, 3.8) is 0 Å². The number of aromatic nitrogens is 1. The van der Waals surface area contributed by atoms with Crippen molar-refractivity contribution in [2.45, 2.75) is 6.54 Å². The molecule has 1 aromatic heterocycles. The zero-order chi connectivity index (χ0) is 17.8. The number of para-hydroxylation sites is 1. The zero-order valence-corrected chi connectivity index (χ0v) is 13.9. The molecular formula is C18H14FN3O2S. The van der Waals surface area contributed by atoms with Gasteiger partial charge in [-0.2, -0.15) is 0 Å². The third kappa shape index (κ3) is 3.56. The predicted molar refractivity (Wildman–Crippen MR) is 96.2 cm³/mol. The number of nitrogens with zero attached hydrogens (tertiary/aromatic N) is 3. The van der Waals surface area contributed by atoms with Crippen LogP contribution in [0.25, 0.3) is 11.3 Å². The molecule has 0 aliphatic heterocycles. The van der Waals surface area contributed by atoms with E-state index in [9.17, 15) is 14.5 Å². The number of nitro groups is 1. The lowest BCUT2D eigenvalue weighted by Gasteiger charge is -2.06. The lowest BCUT2D eigenvalue weighted by Crippen LogP contribution is -2.14. The first kappa shape index (κ1) is 16.8. The van der Waals surface area contributed by atoms with Crippen LogP contribution in [0.4, 0.5) is 15.8 Å². The summed E-state index contributed by atoms with van der Waals surface area (Å²) in [4.78, 5) is 15.4. The average Bonchev–Trinajstić information content (AvgIpc) is 3.00. The van der Waals surface area contributed by atoms with E-state index in [2.05, 4.69) is 11.6 Å². The molecule has 0 radical (unpaired) electrons. The van der Waals surface area contributed by atoms with E-state index < -0.39 is 10.7 Å². The molecule has 0 saturated heterocycles. The Kier molecular flexibility index (Phi) is 4.85. The highest BCUT2D eigenvalue weighted by molar-refractivity contribution is 7.07. The summed E-state index contributed by atoms with van der Waals surface area (Å²) in [5, 5.41) is 12.7. The maximum Gasteiger partial charge on any atom is 0.269 e. The Hall–Kier alpha value is -3.06. The summed E-state index contributed by atoms with van der Waals surface area (Å²) in [5.41, 5.74) is 1.96. The number of hydrogen-bond donors (Lipinski definition) is 0. The molecule has 0 N–H and O–H groups in total. The molecule has 0 fully saturated rings. The molecule has 2 aromatic carbocycles. The summed E-state index contributed by atoms with van der Waals surface area (Å²) in [6.45, 7) is 4.24. The van der Waals surface area contributed by atoms with Crippen LogP contribution in [0, 0.1) is 15.9 Å². The number of thiazole rings is 1. The molecule has 3 rings (SSSR count). The van der Waals surface area contributed by atoms with Crippen molar-refractivity contribution in [2.75, 3.05) is 0 Å². The highest BCUT2D eigenvalue weighted by Gasteiger charge is 2.10. The second kappa shape index (κ2) is 7.23. The zero-order valence-electron chi connectivity index (χ0n) is 13.1. The van der Waals surface area contributed by atoms with Gasteiger partial charge in [0.05, 0.1) is 10.6 Å². The van der Waals surface area contributed by atoms with Crippen LogP contribution in [-0.4, -0.2) is 9.49 Å². The quantitative estimate of drug-likeness (QED) is 0.379. The van der Waals surface area contributed by atoms with E-state index in [0.717, 1.165) is 11.3 Å². The van der Waals surface area contributed by atoms with Gasteiger partial charge in [-0.05, 0) is 29.8 Å². The molecule has 1 heterocycles. The minimum Gasteiger partial charge on any atom is -0.313 e. The van der Waals surface area contributed by atoms with E-state index in [-0.39, 0.29) is 11.4 Å². The van der Waals surface area contributed by atoms with Gasteiger partial charge in [-0.3, -0.25) is 10.1 Å². The van der Waals surface area contributed by atoms with Crippen molar-refractivity contribution < 1.29 is 9.31 Å². The second-order valence-electron chi connectivity index (χ2n) is 5.17. The molecule has 5 nitrogen and oxygen atoms in total. The molecule has 0 amide bonds. The van der Waals surface area contributed by atoms with Crippen LogP contribution in [0.15, 0.2) is 71.6 Å². The van der Waals surface area contributed by atoms with Crippen molar-refractivity contribution in [1.29, 1.82) is 0 Å². The standard InChI is InChI=1S/C18H14FN3O2S/c1-2-11-21-17(13-7-9-14(10-8-13)22(23)24)12-25-18(21)20-16-6-4-3-5-15(16)19/h2-10,12H,1,11H2. The molecule has 0 unspecified atom stereocenters. The summed E-state index contributed by atoms with van der Waals surface area (Å²) in [6.07, 6.45) is 1.72. The Labute approximate surface area is 147 Å². The van der Waals surface area contributed by atoms with Gasteiger partial charge < -0.3 is 4.57 Å². The topological polar surface area (TPSA) is 60.4 Å². The fraction of sp³-hybridized carbons (Fsp3) is 0.0556. The molecule has 0 spiro atoms. The highest BCUT2D eigenvalue weighted by atomic mass is 32.1. The number of non-ortho nitro benzene ring substituents is 1. The third-order valence-electron chi connectivity index (χ3n) is 3.55. The summed E-state index contributed by atoms with van der Waals surface area (Å²) in [7, 11) is 0. The Balaban J connectivity index is 2.10. The maximum atomic E-state index is 13.9. The van der Waals surface area contributed by atoms with Crippen molar-refractivity contribution in [2.24, 2.45) is 4.99 Å². The largest absolute Gasteiger partial charge is 0.313 e. The number of hydrogen-bond acceptors (Lipinski definition) is 4.